The number of ether oxygens (including phenoxy) is 1. The molecule has 200 valence electrons. The summed E-state index contributed by atoms with van der Waals surface area (Å²) in [7, 11) is 1.40. The molecular weight excluding hydrogens is 506 g/mol. The molecule has 1 aliphatic carbocycles. The van der Waals surface area contributed by atoms with Gasteiger partial charge in [0.05, 0.1) is 18.2 Å². The molecule has 0 saturated carbocycles. The second kappa shape index (κ2) is 11.4. The maximum absolute atomic E-state index is 13.4. The van der Waals surface area contributed by atoms with Gasteiger partial charge in [0.2, 0.25) is 0 Å². The van der Waals surface area contributed by atoms with Gasteiger partial charge in [0.25, 0.3) is 5.91 Å². The molecule has 1 amide bonds. The number of hydrogen-bond acceptors (Lipinski definition) is 5. The Hall–Kier alpha value is -3.97. The molecule has 2 aromatic heterocycles. The zero-order valence-electron chi connectivity index (χ0n) is 22.8. The van der Waals surface area contributed by atoms with Crippen LogP contribution >= 0.6 is 11.3 Å². The number of nitrogens with one attached hydrogen (secondary N) is 1. The molecule has 1 aliphatic rings. The number of thiophene rings is 1. The van der Waals surface area contributed by atoms with Crippen molar-refractivity contribution in [3.8, 4) is 5.69 Å². The number of fused-ring (bicyclic) bond motifs is 1. The van der Waals surface area contributed by atoms with Gasteiger partial charge >= 0.3 is 5.97 Å². The van der Waals surface area contributed by atoms with Crippen molar-refractivity contribution in [1.29, 1.82) is 0 Å². The van der Waals surface area contributed by atoms with Crippen LogP contribution in [-0.2, 0) is 24.1 Å². The van der Waals surface area contributed by atoms with Crippen LogP contribution in [0.3, 0.4) is 0 Å². The number of aromatic nitrogens is 1. The zero-order chi connectivity index (χ0) is 27.5. The number of amides is 1. The molecule has 0 bridgehead atoms. The first kappa shape index (κ1) is 26.6. The van der Waals surface area contributed by atoms with Gasteiger partial charge in [-0.15, -0.1) is 11.3 Å². The zero-order valence-corrected chi connectivity index (χ0v) is 23.7. The average molecular weight is 540 g/mol. The SMILES string of the molecule is COC(=O)c1cccc(-n2c(C)cc(C=Nc3sc4c(c3C(=O)NCc3ccccc3)CCCC4)c2C)c1C. The van der Waals surface area contributed by atoms with Crippen LogP contribution in [0.1, 0.15) is 72.1 Å². The monoisotopic (exact) mass is 539 g/mol. The second-order valence-electron chi connectivity index (χ2n) is 9.92. The molecule has 7 heteroatoms. The first-order valence-corrected chi connectivity index (χ1v) is 14.1. The molecule has 0 unspecified atom stereocenters. The quantitative estimate of drug-likeness (QED) is 0.207. The van der Waals surface area contributed by atoms with Crippen LogP contribution in [0.4, 0.5) is 5.00 Å². The number of methoxy groups -OCH3 is 1. The van der Waals surface area contributed by atoms with Gasteiger partial charge in [0.15, 0.2) is 0 Å². The number of carbonyl (C=O) groups is 2. The molecule has 2 aromatic carbocycles. The summed E-state index contributed by atoms with van der Waals surface area (Å²) in [6, 6.07) is 17.7. The van der Waals surface area contributed by atoms with E-state index < -0.39 is 0 Å². The Labute approximate surface area is 233 Å². The Morgan fingerprint density at radius 2 is 1.82 bits per heavy atom. The number of aliphatic imine (C=N–C) groups is 1. The van der Waals surface area contributed by atoms with Crippen molar-refractivity contribution in [2.45, 2.75) is 53.0 Å². The molecule has 0 fully saturated rings. The fourth-order valence-corrected chi connectivity index (χ4v) is 6.59. The van der Waals surface area contributed by atoms with Crippen LogP contribution in [0, 0.1) is 20.8 Å². The molecule has 5 rings (SSSR count). The number of aryl methyl sites for hydroxylation is 2. The Kier molecular flexibility index (Phi) is 7.79. The van der Waals surface area contributed by atoms with E-state index in [0.29, 0.717) is 12.1 Å². The molecule has 0 atom stereocenters. The average Bonchev–Trinajstić information content (AvgIpc) is 3.46. The highest BCUT2D eigenvalue weighted by Gasteiger charge is 2.25. The summed E-state index contributed by atoms with van der Waals surface area (Å²) < 4.78 is 7.10. The van der Waals surface area contributed by atoms with Crippen molar-refractivity contribution in [2.24, 2.45) is 4.99 Å². The highest BCUT2D eigenvalue weighted by molar-refractivity contribution is 7.16. The van der Waals surface area contributed by atoms with Crippen LogP contribution in [0.15, 0.2) is 59.6 Å². The van der Waals surface area contributed by atoms with E-state index >= 15 is 0 Å². The molecule has 39 heavy (non-hydrogen) atoms. The normalized spacial score (nSPS) is 12.9. The van der Waals surface area contributed by atoms with Crippen LogP contribution in [0.2, 0.25) is 0 Å². The van der Waals surface area contributed by atoms with Crippen molar-refractivity contribution < 1.29 is 14.3 Å². The molecular formula is C32H33N3O3S. The summed E-state index contributed by atoms with van der Waals surface area (Å²) in [6.07, 6.45) is 6.02. The lowest BCUT2D eigenvalue weighted by Gasteiger charge is -2.15. The molecule has 4 aromatic rings. The molecule has 0 aliphatic heterocycles. The standard InChI is InChI=1S/C32H33N3O3S/c1-20-17-24(22(3)35(20)27-15-10-14-25(21(27)2)32(37)38-4)19-34-31-29(26-13-8-9-16-28(26)39-31)30(36)33-18-23-11-6-5-7-12-23/h5-7,10-12,14-15,17,19H,8-9,13,16,18H2,1-4H3,(H,33,36). The van der Waals surface area contributed by atoms with Crippen molar-refractivity contribution in [2.75, 3.05) is 7.11 Å². The smallest absolute Gasteiger partial charge is 0.338 e. The lowest BCUT2D eigenvalue weighted by Crippen LogP contribution is -2.24. The number of rotatable bonds is 7. The molecule has 2 heterocycles. The predicted molar refractivity (Wildman–Crippen MR) is 157 cm³/mol. The molecule has 6 nitrogen and oxygen atoms in total. The molecule has 0 saturated heterocycles. The van der Waals surface area contributed by atoms with Crippen molar-refractivity contribution >= 4 is 34.4 Å². The Morgan fingerprint density at radius 3 is 2.59 bits per heavy atom. The van der Waals surface area contributed by atoms with E-state index in [1.54, 1.807) is 17.4 Å². The minimum atomic E-state index is -0.349. The number of hydrogen-bond donors (Lipinski definition) is 1. The van der Waals surface area contributed by atoms with Crippen LogP contribution in [0.5, 0.6) is 0 Å². The van der Waals surface area contributed by atoms with Gasteiger partial charge < -0.3 is 14.6 Å². The summed E-state index contributed by atoms with van der Waals surface area (Å²) in [5, 5.41) is 3.88. The summed E-state index contributed by atoms with van der Waals surface area (Å²) in [4.78, 5) is 31.9. The first-order valence-electron chi connectivity index (χ1n) is 13.3. The lowest BCUT2D eigenvalue weighted by molar-refractivity contribution is 0.0599. The summed E-state index contributed by atoms with van der Waals surface area (Å²) in [5.74, 6) is -0.413. The largest absolute Gasteiger partial charge is 0.465 e. The van der Waals surface area contributed by atoms with Gasteiger partial charge in [-0.05, 0) is 81.3 Å². The molecule has 0 spiro atoms. The Balaban J connectivity index is 1.47. The number of nitrogens with zero attached hydrogens (tertiary/aromatic N) is 2. The van der Waals surface area contributed by atoms with E-state index in [-0.39, 0.29) is 11.9 Å². The van der Waals surface area contributed by atoms with Crippen molar-refractivity contribution in [3.63, 3.8) is 0 Å². The van der Waals surface area contributed by atoms with Gasteiger partial charge in [0.1, 0.15) is 5.00 Å². The maximum Gasteiger partial charge on any atom is 0.338 e. The fraction of sp³-hybridized carbons (Fsp3) is 0.281. The highest BCUT2D eigenvalue weighted by Crippen LogP contribution is 2.40. The minimum absolute atomic E-state index is 0.0638. The van der Waals surface area contributed by atoms with E-state index in [9.17, 15) is 9.59 Å². The van der Waals surface area contributed by atoms with Crippen LogP contribution in [0.25, 0.3) is 5.69 Å². The van der Waals surface area contributed by atoms with Gasteiger partial charge in [-0.1, -0.05) is 36.4 Å². The number of benzene rings is 2. The Morgan fingerprint density at radius 1 is 1.05 bits per heavy atom. The topological polar surface area (TPSA) is 72.7 Å². The second-order valence-corrected chi connectivity index (χ2v) is 11.0. The lowest BCUT2D eigenvalue weighted by atomic mass is 9.95. The van der Waals surface area contributed by atoms with Crippen molar-refractivity contribution in [3.05, 3.63) is 104 Å². The van der Waals surface area contributed by atoms with Gasteiger partial charge in [-0.25, -0.2) is 9.79 Å². The third-order valence-electron chi connectivity index (χ3n) is 7.42. The molecule has 1 N–H and O–H groups in total. The third kappa shape index (κ3) is 5.32. The number of esters is 1. The van der Waals surface area contributed by atoms with E-state index in [4.69, 9.17) is 9.73 Å². The fourth-order valence-electron chi connectivity index (χ4n) is 5.36. The van der Waals surface area contributed by atoms with Gasteiger partial charge in [-0.3, -0.25) is 4.79 Å². The van der Waals surface area contributed by atoms with Crippen LogP contribution < -0.4 is 5.32 Å². The molecule has 0 radical (unpaired) electrons. The van der Waals surface area contributed by atoms with E-state index in [2.05, 4.69) is 16.0 Å². The summed E-state index contributed by atoms with van der Waals surface area (Å²) in [5.41, 5.74) is 8.30. The van der Waals surface area contributed by atoms with Crippen LogP contribution in [-0.4, -0.2) is 29.8 Å². The summed E-state index contributed by atoms with van der Waals surface area (Å²) >= 11 is 1.64. The summed E-state index contributed by atoms with van der Waals surface area (Å²) in [6.45, 7) is 6.51. The van der Waals surface area contributed by atoms with Crippen molar-refractivity contribution in [1.82, 2.24) is 9.88 Å². The highest BCUT2D eigenvalue weighted by atomic mass is 32.1. The van der Waals surface area contributed by atoms with Gasteiger partial charge in [0, 0.05) is 40.3 Å². The first-order chi connectivity index (χ1) is 18.9. The van der Waals surface area contributed by atoms with E-state index in [1.807, 2.05) is 69.5 Å². The Bertz CT molecular complexity index is 1560. The van der Waals surface area contributed by atoms with E-state index in [0.717, 1.165) is 75.6 Å². The minimum Gasteiger partial charge on any atom is -0.465 e. The maximum atomic E-state index is 13.4. The van der Waals surface area contributed by atoms with E-state index in [1.165, 1.54) is 12.0 Å². The predicted octanol–water partition coefficient (Wildman–Crippen LogP) is 6.81. The van der Waals surface area contributed by atoms with Gasteiger partial charge in [-0.2, -0.15) is 0 Å². The third-order valence-corrected chi connectivity index (χ3v) is 8.62. The number of carbonyl (C=O) groups excluding carboxylic acids is 2.